The molecule has 0 spiro atoms. The number of ether oxygens (including phenoxy) is 1. The predicted octanol–water partition coefficient (Wildman–Crippen LogP) is 6.76. The zero-order valence-corrected chi connectivity index (χ0v) is 23.5. The topological polar surface area (TPSA) is 71.8 Å². The lowest BCUT2D eigenvalue weighted by molar-refractivity contribution is -0.137. The average molecular weight is 549 g/mol. The van der Waals surface area contributed by atoms with Gasteiger partial charge in [0.25, 0.3) is 5.91 Å². The Bertz CT molecular complexity index is 1500. The van der Waals surface area contributed by atoms with Crippen LogP contribution in [-0.2, 0) is 24.4 Å². The van der Waals surface area contributed by atoms with Crippen molar-refractivity contribution in [1.82, 2.24) is 10.2 Å². The van der Waals surface area contributed by atoms with E-state index < -0.39 is 0 Å². The summed E-state index contributed by atoms with van der Waals surface area (Å²) in [5, 5.41) is 2.89. The van der Waals surface area contributed by atoms with Gasteiger partial charge in [-0.1, -0.05) is 79.1 Å². The summed E-state index contributed by atoms with van der Waals surface area (Å²) in [6.45, 7) is 3.44. The summed E-state index contributed by atoms with van der Waals surface area (Å²) < 4.78 is 11.9. The second-order valence-corrected chi connectivity index (χ2v) is 11.2. The normalized spacial score (nSPS) is 16.8. The molecule has 1 saturated carbocycles. The van der Waals surface area contributed by atoms with E-state index in [1.165, 1.54) is 11.1 Å². The first-order valence-electron chi connectivity index (χ1n) is 14.6. The number of hydrogen-bond acceptors (Lipinski definition) is 4. The Labute approximate surface area is 241 Å². The van der Waals surface area contributed by atoms with Crippen molar-refractivity contribution in [2.75, 3.05) is 6.54 Å². The van der Waals surface area contributed by atoms with Crippen molar-refractivity contribution in [3.63, 3.8) is 0 Å². The molecule has 210 valence electrons. The van der Waals surface area contributed by atoms with Gasteiger partial charge in [0.1, 0.15) is 18.1 Å². The van der Waals surface area contributed by atoms with E-state index >= 15 is 0 Å². The highest BCUT2D eigenvalue weighted by atomic mass is 16.5. The molecule has 2 heterocycles. The van der Waals surface area contributed by atoms with Gasteiger partial charge in [0.2, 0.25) is 5.91 Å². The van der Waals surface area contributed by atoms with E-state index in [9.17, 15) is 9.59 Å². The molecule has 6 nitrogen and oxygen atoms in total. The zero-order valence-electron chi connectivity index (χ0n) is 23.5. The number of hydrogen-bond donors (Lipinski definition) is 1. The van der Waals surface area contributed by atoms with E-state index in [0.717, 1.165) is 55.3 Å². The molecule has 4 aromatic rings. The van der Waals surface area contributed by atoms with Gasteiger partial charge in [-0.2, -0.15) is 0 Å². The summed E-state index contributed by atoms with van der Waals surface area (Å²) in [6, 6.07) is 27.8. The van der Waals surface area contributed by atoms with Gasteiger partial charge >= 0.3 is 0 Å². The number of amides is 2. The minimum atomic E-state index is -0.262. The van der Waals surface area contributed by atoms with E-state index in [1.54, 1.807) is 12.1 Å². The van der Waals surface area contributed by atoms with E-state index in [4.69, 9.17) is 9.15 Å². The van der Waals surface area contributed by atoms with E-state index in [0.29, 0.717) is 18.1 Å². The van der Waals surface area contributed by atoms with Crippen LogP contribution in [-0.4, -0.2) is 23.3 Å². The number of rotatable bonds is 8. The van der Waals surface area contributed by atoms with Gasteiger partial charge in [0, 0.05) is 19.0 Å². The molecule has 6 heteroatoms. The standard InChI is InChI=1S/C35H36N2O4/c1-24-11-13-27(14-12-24)33-31-21-29(16-15-26(31)19-20-37(33)35(39)28-9-5-6-10-28)40-23-30-17-18-32(41-30)34(38)36-22-25-7-3-2-4-8-25/h2-4,7-8,11-18,21,28,33H,5-6,9-10,19-20,22-23H2,1H3,(H,36,38). The lowest BCUT2D eigenvalue weighted by Gasteiger charge is -2.39. The molecule has 1 aromatic heterocycles. The third kappa shape index (κ3) is 6.07. The average Bonchev–Trinajstić information content (AvgIpc) is 3.72. The molecule has 1 fully saturated rings. The molecule has 1 N–H and O–H groups in total. The summed E-state index contributed by atoms with van der Waals surface area (Å²) in [6.07, 6.45) is 5.08. The molecular weight excluding hydrogens is 512 g/mol. The van der Waals surface area contributed by atoms with Crippen LogP contribution in [0.4, 0.5) is 0 Å². The van der Waals surface area contributed by atoms with Crippen molar-refractivity contribution in [2.24, 2.45) is 5.92 Å². The molecule has 3 aromatic carbocycles. The fraction of sp³-hybridized carbons (Fsp3) is 0.314. The maximum absolute atomic E-state index is 13.7. The van der Waals surface area contributed by atoms with E-state index in [2.05, 4.69) is 53.5 Å². The Hall–Kier alpha value is -4.32. The van der Waals surface area contributed by atoms with Crippen LogP contribution in [0.15, 0.2) is 89.3 Å². The molecule has 1 aliphatic heterocycles. The van der Waals surface area contributed by atoms with Crippen molar-refractivity contribution in [3.8, 4) is 5.75 Å². The molecule has 1 unspecified atom stereocenters. The first-order valence-corrected chi connectivity index (χ1v) is 14.6. The second-order valence-electron chi connectivity index (χ2n) is 11.2. The Morgan fingerprint density at radius 1 is 0.951 bits per heavy atom. The fourth-order valence-corrected chi connectivity index (χ4v) is 6.03. The zero-order chi connectivity index (χ0) is 28.2. The first-order chi connectivity index (χ1) is 20.0. The monoisotopic (exact) mass is 548 g/mol. The largest absolute Gasteiger partial charge is 0.486 e. The number of nitrogens with one attached hydrogen (secondary N) is 1. The number of fused-ring (bicyclic) bond motifs is 1. The summed E-state index contributed by atoms with van der Waals surface area (Å²) in [7, 11) is 0. The summed E-state index contributed by atoms with van der Waals surface area (Å²) >= 11 is 0. The van der Waals surface area contributed by atoms with Gasteiger partial charge in [0.05, 0.1) is 6.04 Å². The van der Waals surface area contributed by atoms with Crippen LogP contribution in [0.3, 0.4) is 0 Å². The predicted molar refractivity (Wildman–Crippen MR) is 157 cm³/mol. The molecule has 0 radical (unpaired) electrons. The van der Waals surface area contributed by atoms with Gasteiger partial charge in [-0.05, 0) is 72.7 Å². The number of benzene rings is 3. The van der Waals surface area contributed by atoms with Crippen molar-refractivity contribution < 1.29 is 18.7 Å². The highest BCUT2D eigenvalue weighted by Gasteiger charge is 2.36. The van der Waals surface area contributed by atoms with Crippen LogP contribution < -0.4 is 10.1 Å². The summed E-state index contributed by atoms with van der Waals surface area (Å²) in [5.74, 6) is 1.68. The van der Waals surface area contributed by atoms with Crippen molar-refractivity contribution >= 4 is 11.8 Å². The quantitative estimate of drug-likeness (QED) is 0.264. The Balaban J connectivity index is 1.18. The van der Waals surface area contributed by atoms with E-state index in [-0.39, 0.29) is 36.1 Å². The molecule has 0 bridgehead atoms. The van der Waals surface area contributed by atoms with Crippen LogP contribution in [0.25, 0.3) is 0 Å². The van der Waals surface area contributed by atoms with Gasteiger partial charge in [-0.15, -0.1) is 0 Å². The van der Waals surface area contributed by atoms with Gasteiger partial charge < -0.3 is 19.4 Å². The number of carbonyl (C=O) groups excluding carboxylic acids is 2. The minimum Gasteiger partial charge on any atom is -0.486 e. The Morgan fingerprint density at radius 2 is 1.73 bits per heavy atom. The Morgan fingerprint density at radius 3 is 2.51 bits per heavy atom. The smallest absolute Gasteiger partial charge is 0.287 e. The van der Waals surface area contributed by atoms with Crippen LogP contribution >= 0.6 is 0 Å². The minimum absolute atomic E-state index is 0.127. The van der Waals surface area contributed by atoms with Crippen LogP contribution in [0, 0.1) is 12.8 Å². The SMILES string of the molecule is Cc1ccc(C2c3cc(OCc4ccc(C(=O)NCc5ccccc5)o4)ccc3CCN2C(=O)C2CCCC2)cc1. The molecule has 2 amide bonds. The first kappa shape index (κ1) is 26.9. The molecule has 6 rings (SSSR count). The van der Waals surface area contributed by atoms with Gasteiger partial charge in [-0.25, -0.2) is 0 Å². The lowest BCUT2D eigenvalue weighted by atomic mass is 9.86. The van der Waals surface area contributed by atoms with E-state index in [1.807, 2.05) is 36.4 Å². The summed E-state index contributed by atoms with van der Waals surface area (Å²) in [4.78, 5) is 28.3. The van der Waals surface area contributed by atoms with Crippen molar-refractivity contribution in [3.05, 3.63) is 124 Å². The highest BCUT2D eigenvalue weighted by Crippen LogP contribution is 2.40. The number of nitrogens with zero attached hydrogens (tertiary/aromatic N) is 1. The molecule has 1 atom stereocenters. The maximum atomic E-state index is 13.7. The number of furan rings is 1. The van der Waals surface area contributed by atoms with Gasteiger partial charge in [-0.3, -0.25) is 9.59 Å². The van der Waals surface area contributed by atoms with Crippen molar-refractivity contribution in [2.45, 2.75) is 58.2 Å². The van der Waals surface area contributed by atoms with Gasteiger partial charge in [0.15, 0.2) is 5.76 Å². The molecular formula is C35H36N2O4. The maximum Gasteiger partial charge on any atom is 0.287 e. The third-order valence-electron chi connectivity index (χ3n) is 8.29. The molecule has 0 saturated heterocycles. The third-order valence-corrected chi connectivity index (χ3v) is 8.29. The molecule has 1 aliphatic carbocycles. The highest BCUT2D eigenvalue weighted by molar-refractivity contribution is 5.91. The number of aryl methyl sites for hydroxylation is 1. The molecule has 41 heavy (non-hydrogen) atoms. The molecule has 2 aliphatic rings. The van der Waals surface area contributed by atoms with Crippen molar-refractivity contribution in [1.29, 1.82) is 0 Å². The number of carbonyl (C=O) groups is 2. The fourth-order valence-electron chi connectivity index (χ4n) is 6.03. The second kappa shape index (κ2) is 12.0. The van der Waals surface area contributed by atoms with Crippen LogP contribution in [0.1, 0.15) is 75.9 Å². The van der Waals surface area contributed by atoms with Crippen LogP contribution in [0.5, 0.6) is 5.75 Å². The lowest BCUT2D eigenvalue weighted by Crippen LogP contribution is -2.43. The Kier molecular flexibility index (Phi) is 7.90. The van der Waals surface area contributed by atoms with Crippen LogP contribution in [0.2, 0.25) is 0 Å². The summed E-state index contributed by atoms with van der Waals surface area (Å²) in [5.41, 5.74) is 5.70.